The topological polar surface area (TPSA) is 91.3 Å². The lowest BCUT2D eigenvalue weighted by molar-refractivity contribution is -0.260. The first-order valence-corrected chi connectivity index (χ1v) is 8.44. The average molecular weight is 372 g/mol. The van der Waals surface area contributed by atoms with E-state index in [-0.39, 0.29) is 6.61 Å². The normalized spacial score (nSPS) is 24.8. The molecule has 0 radical (unpaired) electrons. The second-order valence-corrected chi connectivity index (χ2v) is 5.98. The minimum Gasteiger partial charge on any atom is -0.452 e. The highest BCUT2D eigenvalue weighted by atomic mass is 16.7. The number of benzene rings is 2. The van der Waals surface area contributed by atoms with E-state index in [1.54, 1.807) is 60.7 Å². The van der Waals surface area contributed by atoms with Crippen molar-refractivity contribution in [2.45, 2.75) is 24.6 Å². The molecule has 1 saturated heterocycles. The Morgan fingerprint density at radius 2 is 1.37 bits per heavy atom. The van der Waals surface area contributed by atoms with Gasteiger partial charge in [-0.2, -0.15) is 0 Å². The van der Waals surface area contributed by atoms with E-state index in [1.165, 1.54) is 7.11 Å². The molecule has 0 unspecified atom stereocenters. The first kappa shape index (κ1) is 19.0. The number of hydrogen-bond donors (Lipinski definition) is 1. The molecule has 3 rings (SSSR count). The van der Waals surface area contributed by atoms with Crippen LogP contribution in [0.5, 0.6) is 0 Å². The first-order chi connectivity index (χ1) is 13.1. The van der Waals surface area contributed by atoms with Crippen LogP contribution >= 0.6 is 0 Å². The number of aliphatic hydroxyl groups excluding tert-OH is 1. The monoisotopic (exact) mass is 372 g/mol. The van der Waals surface area contributed by atoms with Crippen molar-refractivity contribution < 1.29 is 33.6 Å². The minimum absolute atomic E-state index is 0.120. The van der Waals surface area contributed by atoms with Crippen LogP contribution in [0.2, 0.25) is 0 Å². The first-order valence-electron chi connectivity index (χ1n) is 8.44. The van der Waals surface area contributed by atoms with Crippen molar-refractivity contribution in [3.05, 3.63) is 71.8 Å². The zero-order chi connectivity index (χ0) is 19.2. The number of aliphatic hydroxyl groups is 1. The summed E-state index contributed by atoms with van der Waals surface area (Å²) in [5.41, 5.74) is 0.638. The number of esters is 2. The van der Waals surface area contributed by atoms with Gasteiger partial charge in [-0.25, -0.2) is 9.59 Å². The van der Waals surface area contributed by atoms with E-state index in [0.717, 1.165) is 0 Å². The van der Waals surface area contributed by atoms with Crippen molar-refractivity contribution in [2.24, 2.45) is 0 Å². The third kappa shape index (κ3) is 4.51. The summed E-state index contributed by atoms with van der Waals surface area (Å²) in [6.07, 6.45) is -4.41. The van der Waals surface area contributed by atoms with E-state index >= 15 is 0 Å². The van der Waals surface area contributed by atoms with Gasteiger partial charge in [-0.15, -0.1) is 0 Å². The maximum absolute atomic E-state index is 12.4. The van der Waals surface area contributed by atoms with Gasteiger partial charge in [0.15, 0.2) is 18.5 Å². The van der Waals surface area contributed by atoms with Crippen molar-refractivity contribution in [1.29, 1.82) is 0 Å². The third-order valence-corrected chi connectivity index (χ3v) is 4.14. The second-order valence-electron chi connectivity index (χ2n) is 5.98. The maximum Gasteiger partial charge on any atom is 0.338 e. The van der Waals surface area contributed by atoms with Gasteiger partial charge in [-0.1, -0.05) is 36.4 Å². The van der Waals surface area contributed by atoms with Gasteiger partial charge in [-0.05, 0) is 24.3 Å². The molecule has 0 amide bonds. The number of rotatable bonds is 5. The smallest absolute Gasteiger partial charge is 0.338 e. The Kier molecular flexibility index (Phi) is 6.18. The molecule has 27 heavy (non-hydrogen) atoms. The molecule has 7 heteroatoms. The predicted molar refractivity (Wildman–Crippen MR) is 94.0 cm³/mol. The van der Waals surface area contributed by atoms with Gasteiger partial charge >= 0.3 is 11.9 Å². The second kappa shape index (κ2) is 8.77. The molecule has 0 aliphatic carbocycles. The Hall–Kier alpha value is -2.74. The van der Waals surface area contributed by atoms with Gasteiger partial charge in [0.1, 0.15) is 6.10 Å². The number of hydrogen-bond acceptors (Lipinski definition) is 7. The molecule has 1 aliphatic heterocycles. The lowest BCUT2D eigenvalue weighted by Gasteiger charge is -2.38. The number of ether oxygens (including phenoxy) is 4. The van der Waals surface area contributed by atoms with Crippen LogP contribution in [-0.4, -0.2) is 55.4 Å². The Morgan fingerprint density at radius 1 is 0.889 bits per heavy atom. The van der Waals surface area contributed by atoms with E-state index in [1.807, 2.05) is 0 Å². The molecule has 1 fully saturated rings. The fourth-order valence-corrected chi connectivity index (χ4v) is 2.76. The summed E-state index contributed by atoms with van der Waals surface area (Å²) in [7, 11) is 1.38. The SMILES string of the molecule is CO[C@H]1OC[C@@H](O)[C@@H](OC(=O)c2ccccc2)[C@H]1OC(=O)c1ccccc1. The van der Waals surface area contributed by atoms with Crippen LogP contribution in [0.1, 0.15) is 20.7 Å². The van der Waals surface area contributed by atoms with Crippen LogP contribution in [0.4, 0.5) is 0 Å². The molecular weight excluding hydrogens is 352 g/mol. The molecule has 4 atom stereocenters. The van der Waals surface area contributed by atoms with Crippen molar-refractivity contribution >= 4 is 11.9 Å². The molecular formula is C20H20O7. The fourth-order valence-electron chi connectivity index (χ4n) is 2.76. The van der Waals surface area contributed by atoms with Gasteiger partial charge < -0.3 is 24.1 Å². The van der Waals surface area contributed by atoms with Crippen LogP contribution in [0.3, 0.4) is 0 Å². The Morgan fingerprint density at radius 3 is 1.85 bits per heavy atom. The van der Waals surface area contributed by atoms with Crippen LogP contribution in [0.25, 0.3) is 0 Å². The Balaban J connectivity index is 1.79. The van der Waals surface area contributed by atoms with Gasteiger partial charge in [-0.3, -0.25) is 0 Å². The molecule has 1 aliphatic rings. The van der Waals surface area contributed by atoms with Crippen LogP contribution in [-0.2, 0) is 18.9 Å². The van der Waals surface area contributed by atoms with E-state index in [2.05, 4.69) is 0 Å². The van der Waals surface area contributed by atoms with Gasteiger partial charge in [0.2, 0.25) is 0 Å². The number of carbonyl (C=O) groups is 2. The number of methoxy groups -OCH3 is 1. The highest BCUT2D eigenvalue weighted by Crippen LogP contribution is 2.24. The summed E-state index contributed by atoms with van der Waals surface area (Å²) in [6.45, 7) is -0.120. The molecule has 0 saturated carbocycles. The van der Waals surface area contributed by atoms with Crippen molar-refractivity contribution in [2.75, 3.05) is 13.7 Å². The van der Waals surface area contributed by atoms with E-state index in [0.29, 0.717) is 11.1 Å². The quantitative estimate of drug-likeness (QED) is 0.800. The van der Waals surface area contributed by atoms with Crippen LogP contribution in [0, 0.1) is 0 Å². The summed E-state index contributed by atoms with van der Waals surface area (Å²) in [5, 5.41) is 10.3. The van der Waals surface area contributed by atoms with Gasteiger partial charge in [0, 0.05) is 7.11 Å². The molecule has 2 aromatic rings. The molecule has 1 N–H and O–H groups in total. The largest absolute Gasteiger partial charge is 0.452 e. The number of carbonyl (C=O) groups excluding carboxylic acids is 2. The minimum atomic E-state index is -1.17. The Labute approximate surface area is 156 Å². The van der Waals surface area contributed by atoms with Crippen molar-refractivity contribution in [1.82, 2.24) is 0 Å². The van der Waals surface area contributed by atoms with E-state index in [9.17, 15) is 14.7 Å². The third-order valence-electron chi connectivity index (χ3n) is 4.14. The molecule has 7 nitrogen and oxygen atoms in total. The summed E-state index contributed by atoms with van der Waals surface area (Å²) in [6, 6.07) is 16.7. The highest BCUT2D eigenvalue weighted by Gasteiger charge is 2.45. The molecule has 0 bridgehead atoms. The molecule has 0 spiro atoms. The summed E-state index contributed by atoms with van der Waals surface area (Å²) in [4.78, 5) is 24.8. The lowest BCUT2D eigenvalue weighted by atomic mass is 10.0. The zero-order valence-electron chi connectivity index (χ0n) is 14.7. The fraction of sp³-hybridized carbons (Fsp3) is 0.300. The molecule has 142 valence electrons. The molecule has 0 aromatic heterocycles. The lowest BCUT2D eigenvalue weighted by Crippen LogP contribution is -2.57. The average Bonchev–Trinajstić information content (AvgIpc) is 2.72. The van der Waals surface area contributed by atoms with Gasteiger partial charge in [0.25, 0.3) is 0 Å². The predicted octanol–water partition coefficient (Wildman–Crippen LogP) is 1.80. The molecule has 1 heterocycles. The molecule has 2 aromatic carbocycles. The van der Waals surface area contributed by atoms with E-state index in [4.69, 9.17) is 18.9 Å². The van der Waals surface area contributed by atoms with Crippen LogP contribution < -0.4 is 0 Å². The summed E-state index contributed by atoms with van der Waals surface area (Å²) >= 11 is 0. The zero-order valence-corrected chi connectivity index (χ0v) is 14.7. The van der Waals surface area contributed by atoms with E-state index < -0.39 is 36.5 Å². The van der Waals surface area contributed by atoms with Gasteiger partial charge in [0.05, 0.1) is 17.7 Å². The summed E-state index contributed by atoms with van der Waals surface area (Å²) < 4.78 is 21.5. The maximum atomic E-state index is 12.4. The highest BCUT2D eigenvalue weighted by molar-refractivity contribution is 5.90. The summed E-state index contributed by atoms with van der Waals surface area (Å²) in [5.74, 6) is -1.28. The van der Waals surface area contributed by atoms with Crippen LogP contribution in [0.15, 0.2) is 60.7 Å². The van der Waals surface area contributed by atoms with Crippen molar-refractivity contribution in [3.63, 3.8) is 0 Å². The van der Waals surface area contributed by atoms with Crippen molar-refractivity contribution in [3.8, 4) is 0 Å². The Bertz CT molecular complexity index is 762. The standard InChI is InChI=1S/C20H20O7/c1-24-20-17(27-19(23)14-10-6-3-7-11-14)16(15(21)12-25-20)26-18(22)13-8-4-2-5-9-13/h2-11,15-17,20-21H,12H2,1H3/t15-,16-,17-,20+/m1/s1.